The van der Waals surface area contributed by atoms with E-state index in [2.05, 4.69) is 61.3 Å². The van der Waals surface area contributed by atoms with Gasteiger partial charge in [-0.3, -0.25) is 4.90 Å². The van der Waals surface area contributed by atoms with Crippen LogP contribution < -0.4 is 5.32 Å². The molecule has 1 N–H and O–H groups in total. The fraction of sp³-hybridized carbons (Fsp3) is 0.684. The van der Waals surface area contributed by atoms with E-state index in [1.165, 1.54) is 44.2 Å². The first-order valence-electron chi connectivity index (χ1n) is 8.72. The van der Waals surface area contributed by atoms with E-state index in [9.17, 15) is 0 Å². The average Bonchev–Trinajstić information content (AvgIpc) is 2.53. The predicted octanol–water partition coefficient (Wildman–Crippen LogP) is 4.38. The molecule has 2 heteroatoms. The van der Waals surface area contributed by atoms with Crippen molar-refractivity contribution in [2.45, 2.75) is 64.5 Å². The summed E-state index contributed by atoms with van der Waals surface area (Å²) in [7, 11) is 0. The normalized spacial score (nSPS) is 26.9. The van der Waals surface area contributed by atoms with Crippen LogP contribution in [0.1, 0.15) is 64.5 Å². The van der Waals surface area contributed by atoms with Gasteiger partial charge in [-0.15, -0.1) is 0 Å². The Morgan fingerprint density at radius 2 is 1.90 bits per heavy atom. The van der Waals surface area contributed by atoms with Gasteiger partial charge in [-0.2, -0.15) is 0 Å². The Bertz CT molecular complexity index is 403. The highest BCUT2D eigenvalue weighted by atomic mass is 15.2. The number of nitrogens with one attached hydrogen (secondary N) is 1. The zero-order valence-corrected chi connectivity index (χ0v) is 14.1. The van der Waals surface area contributed by atoms with Crippen LogP contribution in [0.15, 0.2) is 30.3 Å². The van der Waals surface area contributed by atoms with Crippen molar-refractivity contribution in [3.05, 3.63) is 35.9 Å². The lowest BCUT2D eigenvalue weighted by Crippen LogP contribution is -2.59. The van der Waals surface area contributed by atoms with Gasteiger partial charge in [0.1, 0.15) is 0 Å². The van der Waals surface area contributed by atoms with Crippen LogP contribution in [0.3, 0.4) is 0 Å². The summed E-state index contributed by atoms with van der Waals surface area (Å²) < 4.78 is 0. The molecule has 0 aromatic heterocycles. The molecule has 2 rings (SSSR count). The quantitative estimate of drug-likeness (QED) is 0.749. The minimum Gasteiger partial charge on any atom is -0.308 e. The van der Waals surface area contributed by atoms with Crippen molar-refractivity contribution in [2.75, 3.05) is 19.6 Å². The van der Waals surface area contributed by atoms with Gasteiger partial charge in [-0.05, 0) is 31.9 Å². The first-order valence-corrected chi connectivity index (χ1v) is 8.72. The molecule has 0 bridgehead atoms. The highest BCUT2D eigenvalue weighted by Crippen LogP contribution is 2.28. The second-order valence-electron chi connectivity index (χ2n) is 6.75. The molecule has 2 unspecified atom stereocenters. The molecule has 118 valence electrons. The zero-order valence-electron chi connectivity index (χ0n) is 14.1. The van der Waals surface area contributed by atoms with Crippen molar-refractivity contribution in [2.24, 2.45) is 0 Å². The third kappa shape index (κ3) is 4.55. The van der Waals surface area contributed by atoms with Crippen molar-refractivity contribution in [3.8, 4) is 0 Å². The van der Waals surface area contributed by atoms with E-state index in [0.29, 0.717) is 6.04 Å². The summed E-state index contributed by atoms with van der Waals surface area (Å²) in [6.45, 7) is 10.4. The van der Waals surface area contributed by atoms with Crippen molar-refractivity contribution in [1.29, 1.82) is 0 Å². The fourth-order valence-corrected chi connectivity index (χ4v) is 3.30. The summed E-state index contributed by atoms with van der Waals surface area (Å²) in [6.07, 6.45) is 6.57. The summed E-state index contributed by atoms with van der Waals surface area (Å²) in [5, 5.41) is 3.78. The van der Waals surface area contributed by atoms with Crippen LogP contribution in [0.2, 0.25) is 0 Å². The summed E-state index contributed by atoms with van der Waals surface area (Å²) in [4.78, 5) is 2.71. The van der Waals surface area contributed by atoms with Crippen LogP contribution in [-0.4, -0.2) is 30.1 Å². The predicted molar refractivity (Wildman–Crippen MR) is 91.6 cm³/mol. The van der Waals surface area contributed by atoms with E-state index in [-0.39, 0.29) is 5.54 Å². The van der Waals surface area contributed by atoms with Crippen molar-refractivity contribution in [3.63, 3.8) is 0 Å². The molecule has 2 atom stereocenters. The molecule has 1 aromatic rings. The van der Waals surface area contributed by atoms with Gasteiger partial charge in [0.25, 0.3) is 0 Å². The van der Waals surface area contributed by atoms with Crippen molar-refractivity contribution >= 4 is 0 Å². The van der Waals surface area contributed by atoms with Gasteiger partial charge in [0.2, 0.25) is 0 Å². The smallest absolute Gasteiger partial charge is 0.0473 e. The van der Waals surface area contributed by atoms with Crippen LogP contribution in [0.4, 0.5) is 0 Å². The number of hydrogen-bond acceptors (Lipinski definition) is 2. The number of piperazine rings is 1. The summed E-state index contributed by atoms with van der Waals surface area (Å²) in [5.41, 5.74) is 1.73. The lowest BCUT2D eigenvalue weighted by atomic mass is 9.91. The molecule has 1 aromatic carbocycles. The second kappa shape index (κ2) is 7.95. The molecular formula is C19H32N2. The molecule has 1 aliphatic rings. The first kappa shape index (κ1) is 16.5. The van der Waals surface area contributed by atoms with Gasteiger partial charge in [0.15, 0.2) is 0 Å². The Balaban J connectivity index is 2.03. The lowest BCUT2D eigenvalue weighted by Gasteiger charge is -2.46. The Labute approximate surface area is 130 Å². The highest BCUT2D eigenvalue weighted by Gasteiger charge is 2.34. The second-order valence-corrected chi connectivity index (χ2v) is 6.75. The van der Waals surface area contributed by atoms with Crippen LogP contribution >= 0.6 is 0 Å². The molecular weight excluding hydrogens is 256 g/mol. The molecule has 2 nitrogen and oxygen atoms in total. The number of nitrogens with zero attached hydrogens (tertiary/aromatic N) is 1. The van der Waals surface area contributed by atoms with Gasteiger partial charge in [-0.25, -0.2) is 0 Å². The van der Waals surface area contributed by atoms with E-state index in [1.807, 2.05) is 0 Å². The molecule has 1 heterocycles. The Kier molecular flexibility index (Phi) is 6.25. The highest BCUT2D eigenvalue weighted by molar-refractivity contribution is 5.20. The molecule has 1 saturated heterocycles. The third-order valence-electron chi connectivity index (χ3n) is 4.98. The van der Waals surface area contributed by atoms with E-state index in [0.717, 1.165) is 13.1 Å². The van der Waals surface area contributed by atoms with Crippen LogP contribution in [0.5, 0.6) is 0 Å². The molecule has 0 aliphatic carbocycles. The van der Waals surface area contributed by atoms with Crippen LogP contribution in [-0.2, 0) is 0 Å². The molecule has 0 spiro atoms. The molecule has 0 amide bonds. The Hall–Kier alpha value is -0.860. The summed E-state index contributed by atoms with van der Waals surface area (Å²) in [5.74, 6) is 0. The molecule has 1 fully saturated rings. The Morgan fingerprint density at radius 1 is 1.14 bits per heavy atom. The molecule has 0 saturated carbocycles. The fourth-order valence-electron chi connectivity index (χ4n) is 3.30. The van der Waals surface area contributed by atoms with Gasteiger partial charge in [-0.1, -0.05) is 63.4 Å². The topological polar surface area (TPSA) is 15.3 Å². The minimum absolute atomic E-state index is 0.274. The third-order valence-corrected chi connectivity index (χ3v) is 4.98. The summed E-state index contributed by atoms with van der Waals surface area (Å²) >= 11 is 0. The number of hydrogen-bond donors (Lipinski definition) is 1. The number of benzene rings is 1. The molecule has 0 radical (unpaired) electrons. The van der Waals surface area contributed by atoms with Crippen LogP contribution in [0, 0.1) is 0 Å². The van der Waals surface area contributed by atoms with E-state index in [4.69, 9.17) is 0 Å². The van der Waals surface area contributed by atoms with Gasteiger partial charge in [0.05, 0.1) is 0 Å². The monoisotopic (exact) mass is 288 g/mol. The minimum atomic E-state index is 0.274. The van der Waals surface area contributed by atoms with Gasteiger partial charge < -0.3 is 5.32 Å². The largest absolute Gasteiger partial charge is 0.308 e. The molecule has 1 aliphatic heterocycles. The van der Waals surface area contributed by atoms with E-state index >= 15 is 0 Å². The van der Waals surface area contributed by atoms with Crippen molar-refractivity contribution < 1.29 is 0 Å². The maximum atomic E-state index is 3.78. The van der Waals surface area contributed by atoms with Crippen molar-refractivity contribution in [1.82, 2.24) is 10.2 Å². The maximum Gasteiger partial charge on any atom is 0.0473 e. The standard InChI is InChI=1S/C19H32N2/c1-4-6-7-11-14-21-16-19(3,5-2)20-15-18(21)17-12-9-8-10-13-17/h8-10,12-13,18,20H,4-7,11,14-16H2,1-3H3. The van der Waals surface area contributed by atoms with E-state index in [1.54, 1.807) is 0 Å². The summed E-state index contributed by atoms with van der Waals surface area (Å²) in [6, 6.07) is 11.5. The van der Waals surface area contributed by atoms with Gasteiger partial charge in [0, 0.05) is 24.7 Å². The molecule has 21 heavy (non-hydrogen) atoms. The number of rotatable bonds is 7. The van der Waals surface area contributed by atoms with E-state index < -0.39 is 0 Å². The average molecular weight is 288 g/mol. The maximum absolute atomic E-state index is 3.78. The Morgan fingerprint density at radius 3 is 2.57 bits per heavy atom. The lowest BCUT2D eigenvalue weighted by molar-refractivity contribution is 0.0823. The SMILES string of the molecule is CCCCCCN1CC(C)(CC)NCC1c1ccccc1. The van der Waals surface area contributed by atoms with Gasteiger partial charge >= 0.3 is 0 Å². The van der Waals surface area contributed by atoms with Crippen LogP contribution in [0.25, 0.3) is 0 Å². The zero-order chi connectivity index (χ0) is 15.1. The number of unbranched alkanes of at least 4 members (excludes halogenated alkanes) is 3. The first-order chi connectivity index (χ1) is 10.2.